The Kier molecular flexibility index (Phi) is 2.85. The van der Waals surface area contributed by atoms with Gasteiger partial charge in [-0.1, -0.05) is 0 Å². The smallest absolute Gasteiger partial charge is 0.203 e. The summed E-state index contributed by atoms with van der Waals surface area (Å²) in [5.41, 5.74) is 6.44. The zero-order valence-corrected chi connectivity index (χ0v) is 10.2. The van der Waals surface area contributed by atoms with Crippen LogP contribution in [-0.2, 0) is 4.74 Å². The van der Waals surface area contributed by atoms with Crippen molar-refractivity contribution in [3.05, 3.63) is 18.7 Å². The first-order valence-electron chi connectivity index (χ1n) is 6.02. The molecule has 2 atom stereocenters. The fourth-order valence-corrected chi connectivity index (χ4v) is 2.20. The second kappa shape index (κ2) is 4.51. The lowest BCUT2D eigenvalue weighted by Crippen LogP contribution is -2.51. The molecule has 0 aliphatic carbocycles. The molecule has 2 aromatic heterocycles. The van der Waals surface area contributed by atoms with Gasteiger partial charge in [0.25, 0.3) is 0 Å². The highest BCUT2D eigenvalue weighted by molar-refractivity contribution is 5.63. The van der Waals surface area contributed by atoms with Crippen molar-refractivity contribution in [2.75, 3.05) is 24.6 Å². The standard InChI is InChI=1S/C11H16N6O/c1-8-6-18-9(4-12)5-17(8)10-11-15-14-7-16(11)3-2-13-10/h2-3,7-9H,4-6,12H2,1H3. The Labute approximate surface area is 105 Å². The van der Waals surface area contributed by atoms with Crippen LogP contribution in [0.5, 0.6) is 0 Å². The molecule has 0 bridgehead atoms. The first-order valence-corrected chi connectivity index (χ1v) is 6.02. The van der Waals surface area contributed by atoms with Gasteiger partial charge in [-0.15, -0.1) is 10.2 Å². The molecule has 96 valence electrons. The van der Waals surface area contributed by atoms with Crippen LogP contribution in [0.3, 0.4) is 0 Å². The number of rotatable bonds is 2. The molecule has 2 N–H and O–H groups in total. The second-order valence-corrected chi connectivity index (χ2v) is 4.51. The Morgan fingerprint density at radius 1 is 1.56 bits per heavy atom. The first-order chi connectivity index (χ1) is 8.79. The lowest BCUT2D eigenvalue weighted by atomic mass is 10.2. The highest BCUT2D eigenvalue weighted by Gasteiger charge is 2.28. The van der Waals surface area contributed by atoms with Gasteiger partial charge in [0, 0.05) is 25.5 Å². The Balaban J connectivity index is 1.99. The molecular weight excluding hydrogens is 232 g/mol. The highest BCUT2D eigenvalue weighted by Crippen LogP contribution is 2.22. The highest BCUT2D eigenvalue weighted by atomic mass is 16.5. The van der Waals surface area contributed by atoms with Crippen molar-refractivity contribution >= 4 is 11.5 Å². The Morgan fingerprint density at radius 2 is 2.44 bits per heavy atom. The van der Waals surface area contributed by atoms with Crippen LogP contribution in [0.4, 0.5) is 5.82 Å². The second-order valence-electron chi connectivity index (χ2n) is 4.51. The van der Waals surface area contributed by atoms with Crippen LogP contribution in [0, 0.1) is 0 Å². The largest absolute Gasteiger partial charge is 0.373 e. The van der Waals surface area contributed by atoms with Crippen LogP contribution in [0.15, 0.2) is 18.7 Å². The molecule has 2 aromatic rings. The monoisotopic (exact) mass is 248 g/mol. The van der Waals surface area contributed by atoms with Crippen LogP contribution in [0.1, 0.15) is 6.92 Å². The zero-order chi connectivity index (χ0) is 12.5. The maximum Gasteiger partial charge on any atom is 0.203 e. The van der Waals surface area contributed by atoms with Gasteiger partial charge >= 0.3 is 0 Å². The quantitative estimate of drug-likeness (QED) is 0.784. The third-order valence-electron chi connectivity index (χ3n) is 3.24. The Morgan fingerprint density at radius 3 is 3.28 bits per heavy atom. The van der Waals surface area contributed by atoms with E-state index in [0.717, 1.165) is 18.0 Å². The molecule has 0 radical (unpaired) electrons. The number of nitrogens with two attached hydrogens (primary N) is 1. The SMILES string of the molecule is CC1COC(CN)CN1c1nccn2cnnc12. The molecule has 0 amide bonds. The minimum absolute atomic E-state index is 0.0474. The van der Waals surface area contributed by atoms with Crippen molar-refractivity contribution in [1.29, 1.82) is 0 Å². The lowest BCUT2D eigenvalue weighted by molar-refractivity contribution is 0.0281. The van der Waals surface area contributed by atoms with E-state index in [4.69, 9.17) is 10.5 Å². The summed E-state index contributed by atoms with van der Waals surface area (Å²) < 4.78 is 7.51. The summed E-state index contributed by atoms with van der Waals surface area (Å²) in [5, 5.41) is 8.03. The number of morpholine rings is 1. The molecule has 1 aliphatic rings. The third-order valence-corrected chi connectivity index (χ3v) is 3.24. The summed E-state index contributed by atoms with van der Waals surface area (Å²) >= 11 is 0. The Bertz CT molecular complexity index is 541. The van der Waals surface area contributed by atoms with Gasteiger partial charge in [-0.05, 0) is 6.92 Å². The van der Waals surface area contributed by atoms with Crippen molar-refractivity contribution in [3.63, 3.8) is 0 Å². The average Bonchev–Trinajstić information content (AvgIpc) is 2.87. The number of hydrogen-bond acceptors (Lipinski definition) is 6. The minimum Gasteiger partial charge on any atom is -0.373 e. The molecule has 3 heterocycles. The Hall–Kier alpha value is -1.73. The molecule has 18 heavy (non-hydrogen) atoms. The normalized spacial score (nSPS) is 24.7. The molecule has 1 fully saturated rings. The predicted octanol–water partition coefficient (Wildman–Crippen LogP) is -0.323. The molecule has 0 spiro atoms. The van der Waals surface area contributed by atoms with Crippen LogP contribution >= 0.6 is 0 Å². The average molecular weight is 248 g/mol. The van der Waals surface area contributed by atoms with Crippen molar-refractivity contribution < 1.29 is 4.74 Å². The van der Waals surface area contributed by atoms with Crippen molar-refractivity contribution in [2.45, 2.75) is 19.1 Å². The topological polar surface area (TPSA) is 81.6 Å². The van der Waals surface area contributed by atoms with Gasteiger partial charge in [-0.3, -0.25) is 4.40 Å². The molecule has 0 saturated carbocycles. The van der Waals surface area contributed by atoms with Crippen molar-refractivity contribution in [1.82, 2.24) is 19.6 Å². The molecule has 2 unspecified atom stereocenters. The van der Waals surface area contributed by atoms with E-state index in [1.54, 1.807) is 12.5 Å². The summed E-state index contributed by atoms with van der Waals surface area (Å²) in [6, 6.07) is 0.253. The van der Waals surface area contributed by atoms with Gasteiger partial charge in [0.1, 0.15) is 6.33 Å². The molecular formula is C11H16N6O. The summed E-state index contributed by atoms with van der Waals surface area (Å²) in [4.78, 5) is 6.61. The minimum atomic E-state index is 0.0474. The molecule has 7 nitrogen and oxygen atoms in total. The number of ether oxygens (including phenoxy) is 1. The third kappa shape index (κ3) is 1.81. The fraction of sp³-hybridized carbons (Fsp3) is 0.545. The van der Waals surface area contributed by atoms with Crippen molar-refractivity contribution in [3.8, 4) is 0 Å². The summed E-state index contributed by atoms with van der Waals surface area (Å²) in [6.07, 6.45) is 5.31. The van der Waals surface area contributed by atoms with Gasteiger partial charge in [-0.25, -0.2) is 4.98 Å². The van der Waals surface area contributed by atoms with Gasteiger partial charge in [0.15, 0.2) is 5.82 Å². The molecule has 7 heteroatoms. The van der Waals surface area contributed by atoms with Crippen LogP contribution in [0.25, 0.3) is 5.65 Å². The van der Waals surface area contributed by atoms with Gasteiger partial charge in [0.2, 0.25) is 5.65 Å². The van der Waals surface area contributed by atoms with E-state index in [1.165, 1.54) is 0 Å². The molecule has 1 saturated heterocycles. The maximum absolute atomic E-state index is 5.68. The van der Waals surface area contributed by atoms with Crippen LogP contribution in [-0.4, -0.2) is 51.4 Å². The van der Waals surface area contributed by atoms with Gasteiger partial charge in [0.05, 0.1) is 18.8 Å². The predicted molar refractivity (Wildman–Crippen MR) is 66.4 cm³/mol. The summed E-state index contributed by atoms with van der Waals surface area (Å²) in [6.45, 7) is 4.00. The van der Waals surface area contributed by atoms with E-state index in [2.05, 4.69) is 27.0 Å². The lowest BCUT2D eigenvalue weighted by Gasteiger charge is -2.38. The molecule has 1 aliphatic heterocycles. The van der Waals surface area contributed by atoms with E-state index < -0.39 is 0 Å². The van der Waals surface area contributed by atoms with E-state index in [1.807, 2.05) is 10.6 Å². The first kappa shape index (κ1) is 11.4. The summed E-state index contributed by atoms with van der Waals surface area (Å²) in [7, 11) is 0. The van der Waals surface area contributed by atoms with E-state index in [-0.39, 0.29) is 12.1 Å². The van der Waals surface area contributed by atoms with Gasteiger partial charge < -0.3 is 15.4 Å². The van der Waals surface area contributed by atoms with Crippen molar-refractivity contribution in [2.24, 2.45) is 5.73 Å². The molecule has 0 aromatic carbocycles. The number of aromatic nitrogens is 4. The number of anilines is 1. The van der Waals surface area contributed by atoms with Crippen LogP contribution < -0.4 is 10.6 Å². The number of fused-ring (bicyclic) bond motifs is 1. The van der Waals surface area contributed by atoms with Crippen LogP contribution in [0.2, 0.25) is 0 Å². The zero-order valence-electron chi connectivity index (χ0n) is 10.2. The summed E-state index contributed by atoms with van der Waals surface area (Å²) in [5.74, 6) is 0.837. The van der Waals surface area contributed by atoms with E-state index in [0.29, 0.717) is 13.2 Å². The van der Waals surface area contributed by atoms with Gasteiger partial charge in [-0.2, -0.15) is 0 Å². The molecule has 3 rings (SSSR count). The number of hydrogen-bond donors (Lipinski definition) is 1. The van der Waals surface area contributed by atoms with E-state index in [9.17, 15) is 0 Å². The van der Waals surface area contributed by atoms with E-state index >= 15 is 0 Å². The number of nitrogens with zero attached hydrogens (tertiary/aromatic N) is 5. The fourth-order valence-electron chi connectivity index (χ4n) is 2.20. The maximum atomic E-state index is 5.68.